The number of nitrogens with one attached hydrogen (secondary N) is 1. The average Bonchev–Trinajstić information content (AvgIpc) is 3.43. The van der Waals surface area contributed by atoms with Crippen LogP contribution >= 0.6 is 11.3 Å². The lowest BCUT2D eigenvalue weighted by atomic mass is 9.69. The number of hydrogen-bond donors (Lipinski definition) is 2. The Morgan fingerprint density at radius 2 is 1.97 bits per heavy atom. The summed E-state index contributed by atoms with van der Waals surface area (Å²) in [5, 5.41) is 3.71. The highest BCUT2D eigenvalue weighted by atomic mass is 32.1. The lowest BCUT2D eigenvalue weighted by Gasteiger charge is -2.36. The molecule has 1 saturated carbocycles. The Balaban J connectivity index is 1.53. The molecule has 0 radical (unpaired) electrons. The van der Waals surface area contributed by atoms with Crippen molar-refractivity contribution in [3.05, 3.63) is 51.9 Å². The molecule has 154 valence electrons. The molecule has 1 fully saturated rings. The Morgan fingerprint density at radius 1 is 1.24 bits per heavy atom. The van der Waals surface area contributed by atoms with E-state index in [1.807, 2.05) is 18.2 Å². The van der Waals surface area contributed by atoms with Crippen molar-refractivity contribution >= 4 is 28.2 Å². The van der Waals surface area contributed by atoms with E-state index >= 15 is 0 Å². The number of thiophene rings is 1. The Morgan fingerprint density at radius 3 is 2.62 bits per heavy atom. The minimum absolute atomic E-state index is 0.00499. The van der Waals surface area contributed by atoms with Gasteiger partial charge in [-0.15, -0.1) is 11.3 Å². The van der Waals surface area contributed by atoms with Gasteiger partial charge in [-0.25, -0.2) is 0 Å². The topological polar surface area (TPSA) is 72.2 Å². The van der Waals surface area contributed by atoms with E-state index < -0.39 is 5.91 Å². The Labute approximate surface area is 176 Å². The molecule has 2 aromatic rings. The quantitative estimate of drug-likeness (QED) is 0.693. The normalized spacial score (nSPS) is 23.3. The van der Waals surface area contributed by atoms with Crippen LogP contribution in [0.4, 0.5) is 5.00 Å². The summed E-state index contributed by atoms with van der Waals surface area (Å²) in [7, 11) is 0. The average molecular weight is 411 g/mol. The first kappa shape index (κ1) is 20.1. The Kier molecular flexibility index (Phi) is 5.28. The van der Waals surface area contributed by atoms with Crippen LogP contribution in [0.25, 0.3) is 0 Å². The maximum absolute atomic E-state index is 12.9. The number of anilines is 1. The van der Waals surface area contributed by atoms with Crippen LogP contribution in [-0.4, -0.2) is 11.8 Å². The molecule has 2 aliphatic rings. The van der Waals surface area contributed by atoms with Crippen LogP contribution in [-0.2, 0) is 17.6 Å². The second kappa shape index (κ2) is 7.60. The third kappa shape index (κ3) is 3.85. The van der Waals surface area contributed by atoms with Gasteiger partial charge in [0.05, 0.1) is 5.56 Å². The van der Waals surface area contributed by atoms with Crippen molar-refractivity contribution in [1.29, 1.82) is 0 Å². The van der Waals surface area contributed by atoms with Crippen molar-refractivity contribution < 1.29 is 9.59 Å². The van der Waals surface area contributed by atoms with Crippen LogP contribution in [0.5, 0.6) is 0 Å². The van der Waals surface area contributed by atoms with E-state index in [0.717, 1.165) is 37.7 Å². The van der Waals surface area contributed by atoms with Gasteiger partial charge in [0.15, 0.2) is 0 Å². The molecule has 0 unspecified atom stereocenters. The minimum atomic E-state index is -0.429. The molecule has 1 aromatic heterocycles. The Bertz CT molecular complexity index is 932. The van der Waals surface area contributed by atoms with Gasteiger partial charge in [-0.1, -0.05) is 57.5 Å². The second-order valence-electron chi connectivity index (χ2n) is 9.20. The zero-order chi connectivity index (χ0) is 20.8. The standard InChI is InChI=1S/C24H30N2O2S/c1-4-24(2,3)15-10-11-16-19(12-15)29-23(20(16)21(25)27)26-22(28)18-13-17(18)14-8-6-5-7-9-14/h5-9,15,17-18H,4,10-13H2,1-3H3,(H2,25,27)(H,26,28)/t15-,17-,18-/m1/s1. The van der Waals surface area contributed by atoms with Crippen molar-refractivity contribution in [2.75, 3.05) is 5.32 Å². The van der Waals surface area contributed by atoms with Crippen molar-refractivity contribution in [3.8, 4) is 0 Å². The van der Waals surface area contributed by atoms with E-state index in [4.69, 9.17) is 5.73 Å². The van der Waals surface area contributed by atoms with Crippen LogP contribution in [0, 0.1) is 17.3 Å². The summed E-state index contributed by atoms with van der Waals surface area (Å²) < 4.78 is 0. The molecule has 0 saturated heterocycles. The summed E-state index contributed by atoms with van der Waals surface area (Å²) in [5.74, 6) is 0.419. The number of carbonyl (C=O) groups excluding carboxylic acids is 2. The fraction of sp³-hybridized carbons (Fsp3) is 0.500. The molecule has 2 amide bonds. The summed E-state index contributed by atoms with van der Waals surface area (Å²) >= 11 is 1.56. The van der Waals surface area contributed by atoms with Crippen LogP contribution in [0.15, 0.2) is 30.3 Å². The van der Waals surface area contributed by atoms with Gasteiger partial charge in [0.2, 0.25) is 5.91 Å². The molecule has 1 aromatic carbocycles. The number of hydrogen-bond acceptors (Lipinski definition) is 3. The fourth-order valence-electron chi connectivity index (χ4n) is 4.65. The molecular weight excluding hydrogens is 380 g/mol. The number of fused-ring (bicyclic) bond motifs is 1. The SMILES string of the molecule is CCC(C)(C)[C@@H]1CCc2c(sc(NC(=O)[C@@H]3C[C@@H]3c3ccccc3)c2C(N)=O)C1. The molecule has 0 bridgehead atoms. The molecule has 5 heteroatoms. The van der Waals surface area contributed by atoms with Crippen LogP contribution in [0.3, 0.4) is 0 Å². The third-order valence-corrected chi connectivity index (χ3v) is 8.29. The van der Waals surface area contributed by atoms with Crippen LogP contribution < -0.4 is 11.1 Å². The van der Waals surface area contributed by atoms with E-state index in [-0.39, 0.29) is 23.2 Å². The number of benzene rings is 1. The summed E-state index contributed by atoms with van der Waals surface area (Å²) in [4.78, 5) is 26.3. The van der Waals surface area contributed by atoms with Crippen LogP contribution in [0.2, 0.25) is 0 Å². The lowest BCUT2D eigenvalue weighted by molar-refractivity contribution is -0.117. The van der Waals surface area contributed by atoms with Gasteiger partial charge in [0.25, 0.3) is 5.91 Å². The van der Waals surface area contributed by atoms with E-state index in [1.165, 1.54) is 10.4 Å². The molecule has 2 aliphatic carbocycles. The highest BCUT2D eigenvalue weighted by molar-refractivity contribution is 7.17. The van der Waals surface area contributed by atoms with E-state index in [1.54, 1.807) is 11.3 Å². The molecule has 4 rings (SSSR count). The maximum Gasteiger partial charge on any atom is 0.251 e. The number of nitrogens with two attached hydrogens (primary N) is 1. The monoisotopic (exact) mass is 410 g/mol. The summed E-state index contributed by atoms with van der Waals surface area (Å²) in [6.07, 6.45) is 4.89. The van der Waals surface area contributed by atoms with Gasteiger partial charge >= 0.3 is 0 Å². The summed E-state index contributed by atoms with van der Waals surface area (Å²) in [6, 6.07) is 10.2. The van der Waals surface area contributed by atoms with Gasteiger partial charge in [-0.05, 0) is 54.1 Å². The van der Waals surface area contributed by atoms with E-state index in [2.05, 4.69) is 38.2 Å². The first-order valence-electron chi connectivity index (χ1n) is 10.6. The molecule has 0 aliphatic heterocycles. The number of carbonyl (C=O) groups is 2. The molecule has 1 heterocycles. The van der Waals surface area contributed by atoms with E-state index in [0.29, 0.717) is 16.5 Å². The number of rotatable bonds is 6. The van der Waals surface area contributed by atoms with Gasteiger partial charge in [-0.2, -0.15) is 0 Å². The van der Waals surface area contributed by atoms with E-state index in [9.17, 15) is 9.59 Å². The van der Waals surface area contributed by atoms with Gasteiger partial charge < -0.3 is 11.1 Å². The van der Waals surface area contributed by atoms with Gasteiger partial charge in [-0.3, -0.25) is 9.59 Å². The highest BCUT2D eigenvalue weighted by Crippen LogP contribution is 2.49. The molecule has 0 spiro atoms. The maximum atomic E-state index is 12.9. The molecule has 3 N–H and O–H groups in total. The van der Waals surface area contributed by atoms with Crippen LogP contribution in [0.1, 0.15) is 72.3 Å². The van der Waals surface area contributed by atoms with Gasteiger partial charge in [0, 0.05) is 10.8 Å². The molecule has 4 nitrogen and oxygen atoms in total. The van der Waals surface area contributed by atoms with Crippen molar-refractivity contribution in [2.45, 2.75) is 58.8 Å². The number of amides is 2. The summed E-state index contributed by atoms with van der Waals surface area (Å²) in [6.45, 7) is 6.89. The minimum Gasteiger partial charge on any atom is -0.365 e. The fourth-order valence-corrected chi connectivity index (χ4v) is 5.98. The molecule has 29 heavy (non-hydrogen) atoms. The van der Waals surface area contributed by atoms with Gasteiger partial charge in [0.1, 0.15) is 5.00 Å². The zero-order valence-corrected chi connectivity index (χ0v) is 18.3. The predicted molar refractivity (Wildman–Crippen MR) is 118 cm³/mol. The van der Waals surface area contributed by atoms with Crippen molar-refractivity contribution in [2.24, 2.45) is 23.0 Å². The zero-order valence-electron chi connectivity index (χ0n) is 17.5. The number of primary amides is 1. The smallest absolute Gasteiger partial charge is 0.251 e. The highest BCUT2D eigenvalue weighted by Gasteiger charge is 2.44. The molecule has 3 atom stereocenters. The Hall–Kier alpha value is -2.14. The second-order valence-corrected chi connectivity index (χ2v) is 10.3. The first-order chi connectivity index (χ1) is 13.8. The largest absolute Gasteiger partial charge is 0.365 e. The third-order valence-electron chi connectivity index (χ3n) is 7.12. The molecular formula is C24H30N2O2S. The van der Waals surface area contributed by atoms with Crippen molar-refractivity contribution in [1.82, 2.24) is 0 Å². The predicted octanol–water partition coefficient (Wildman–Crippen LogP) is 5.13. The first-order valence-corrected chi connectivity index (χ1v) is 11.4. The van der Waals surface area contributed by atoms with Crippen molar-refractivity contribution in [3.63, 3.8) is 0 Å². The lowest BCUT2D eigenvalue weighted by Crippen LogP contribution is -2.29. The summed E-state index contributed by atoms with van der Waals surface area (Å²) in [5.41, 5.74) is 8.82.